The standard InChI is InChI=1S/C20H26N2O3/c1-2-25-15-17-11-6-7-12-19(17)22-20(24)21-18(13-8-14-23)16-9-4-3-5-10-16/h3-7,9-12,18,23H,2,8,13-15H2,1H3,(H2,21,22,24). The summed E-state index contributed by atoms with van der Waals surface area (Å²) in [6, 6.07) is 17.0. The summed E-state index contributed by atoms with van der Waals surface area (Å²) in [7, 11) is 0. The van der Waals surface area contributed by atoms with E-state index in [-0.39, 0.29) is 18.7 Å². The molecule has 0 aliphatic carbocycles. The molecule has 2 aromatic rings. The minimum atomic E-state index is -0.268. The predicted octanol–water partition coefficient (Wildman–Crippen LogP) is 3.86. The zero-order valence-corrected chi connectivity index (χ0v) is 14.6. The molecule has 2 amide bonds. The van der Waals surface area contributed by atoms with Crippen molar-refractivity contribution in [3.8, 4) is 0 Å². The number of aliphatic hydroxyl groups is 1. The molecule has 5 heteroatoms. The first-order valence-corrected chi connectivity index (χ1v) is 8.63. The SMILES string of the molecule is CCOCc1ccccc1NC(=O)NC(CCCO)c1ccccc1. The number of hydrogen-bond acceptors (Lipinski definition) is 3. The molecule has 0 spiro atoms. The Kier molecular flexibility index (Phi) is 7.95. The average molecular weight is 342 g/mol. The molecule has 25 heavy (non-hydrogen) atoms. The van der Waals surface area contributed by atoms with E-state index in [1.165, 1.54) is 0 Å². The zero-order valence-electron chi connectivity index (χ0n) is 14.6. The number of nitrogens with one attached hydrogen (secondary N) is 2. The molecule has 0 aromatic heterocycles. The van der Waals surface area contributed by atoms with E-state index < -0.39 is 0 Å². The van der Waals surface area contributed by atoms with Gasteiger partial charge in [-0.15, -0.1) is 0 Å². The van der Waals surface area contributed by atoms with Gasteiger partial charge >= 0.3 is 6.03 Å². The lowest BCUT2D eigenvalue weighted by molar-refractivity contribution is 0.134. The highest BCUT2D eigenvalue weighted by molar-refractivity contribution is 5.90. The summed E-state index contributed by atoms with van der Waals surface area (Å²) in [5.41, 5.74) is 2.70. The van der Waals surface area contributed by atoms with Crippen LogP contribution in [0.1, 0.15) is 36.9 Å². The largest absolute Gasteiger partial charge is 0.396 e. The van der Waals surface area contributed by atoms with Crippen molar-refractivity contribution in [1.29, 1.82) is 0 Å². The van der Waals surface area contributed by atoms with E-state index in [9.17, 15) is 4.79 Å². The minimum Gasteiger partial charge on any atom is -0.396 e. The highest BCUT2D eigenvalue weighted by Gasteiger charge is 2.15. The number of hydrogen-bond donors (Lipinski definition) is 3. The second-order valence-corrected chi connectivity index (χ2v) is 5.72. The molecule has 1 atom stereocenters. The molecule has 0 aliphatic heterocycles. The van der Waals surface area contributed by atoms with Gasteiger partial charge in [-0.05, 0) is 31.4 Å². The minimum absolute atomic E-state index is 0.101. The fourth-order valence-electron chi connectivity index (χ4n) is 2.60. The third kappa shape index (κ3) is 6.21. The Morgan fingerprint density at radius 3 is 2.56 bits per heavy atom. The van der Waals surface area contributed by atoms with E-state index in [4.69, 9.17) is 9.84 Å². The molecule has 1 unspecified atom stereocenters. The Morgan fingerprint density at radius 2 is 1.84 bits per heavy atom. The fourth-order valence-corrected chi connectivity index (χ4v) is 2.60. The van der Waals surface area contributed by atoms with Crippen molar-refractivity contribution in [2.24, 2.45) is 0 Å². The van der Waals surface area contributed by atoms with Gasteiger partial charge in [0, 0.05) is 24.5 Å². The summed E-state index contributed by atoms with van der Waals surface area (Å²) in [5, 5.41) is 15.0. The van der Waals surface area contributed by atoms with E-state index in [0.717, 1.165) is 16.8 Å². The number of urea groups is 1. The monoisotopic (exact) mass is 342 g/mol. The smallest absolute Gasteiger partial charge is 0.319 e. The predicted molar refractivity (Wildman–Crippen MR) is 99.4 cm³/mol. The summed E-state index contributed by atoms with van der Waals surface area (Å²) >= 11 is 0. The highest BCUT2D eigenvalue weighted by Crippen LogP contribution is 2.20. The van der Waals surface area contributed by atoms with E-state index in [2.05, 4.69) is 10.6 Å². The molecule has 2 rings (SSSR count). The average Bonchev–Trinajstić information content (AvgIpc) is 2.65. The molecule has 134 valence electrons. The van der Waals surface area contributed by atoms with Gasteiger partial charge in [0.1, 0.15) is 0 Å². The molecule has 0 saturated carbocycles. The first-order valence-electron chi connectivity index (χ1n) is 8.63. The van der Waals surface area contributed by atoms with Crippen molar-refractivity contribution in [2.75, 3.05) is 18.5 Å². The van der Waals surface area contributed by atoms with E-state index in [1.54, 1.807) is 0 Å². The number of amides is 2. The first-order chi connectivity index (χ1) is 12.2. The Morgan fingerprint density at radius 1 is 1.12 bits per heavy atom. The summed E-state index contributed by atoms with van der Waals surface area (Å²) in [6.45, 7) is 3.12. The van der Waals surface area contributed by atoms with Crippen LogP contribution in [-0.2, 0) is 11.3 Å². The van der Waals surface area contributed by atoms with Crippen molar-refractivity contribution in [3.63, 3.8) is 0 Å². The topological polar surface area (TPSA) is 70.6 Å². The summed E-state index contributed by atoms with van der Waals surface area (Å²) in [6.07, 6.45) is 1.30. The Hall–Kier alpha value is -2.37. The molecule has 0 heterocycles. The molecular formula is C20H26N2O3. The molecule has 0 saturated heterocycles. The lowest BCUT2D eigenvalue weighted by Crippen LogP contribution is -2.33. The third-order valence-corrected chi connectivity index (χ3v) is 3.89. The van der Waals surface area contributed by atoms with Gasteiger partial charge in [0.2, 0.25) is 0 Å². The number of carbonyl (C=O) groups is 1. The second kappa shape index (κ2) is 10.5. The van der Waals surface area contributed by atoms with Gasteiger partial charge in [0.15, 0.2) is 0 Å². The maximum absolute atomic E-state index is 12.5. The lowest BCUT2D eigenvalue weighted by atomic mass is 10.0. The van der Waals surface area contributed by atoms with Crippen molar-refractivity contribution in [3.05, 3.63) is 65.7 Å². The van der Waals surface area contributed by atoms with Crippen LogP contribution in [0.4, 0.5) is 10.5 Å². The zero-order chi connectivity index (χ0) is 17.9. The molecule has 2 aromatic carbocycles. The first kappa shape index (κ1) is 19.0. The molecule has 0 radical (unpaired) electrons. The van der Waals surface area contributed by atoms with Gasteiger partial charge in [-0.1, -0.05) is 48.5 Å². The normalized spacial score (nSPS) is 11.8. The van der Waals surface area contributed by atoms with Gasteiger partial charge in [-0.25, -0.2) is 4.79 Å². The molecule has 0 fully saturated rings. The van der Waals surface area contributed by atoms with Crippen molar-refractivity contribution in [1.82, 2.24) is 5.32 Å². The molecular weight excluding hydrogens is 316 g/mol. The molecule has 0 aliphatic rings. The maximum atomic E-state index is 12.5. The Balaban J connectivity index is 2.04. The van der Waals surface area contributed by atoms with E-state index in [1.807, 2.05) is 61.5 Å². The number of benzene rings is 2. The van der Waals surface area contributed by atoms with Crippen LogP contribution >= 0.6 is 0 Å². The molecule has 3 N–H and O–H groups in total. The van der Waals surface area contributed by atoms with Crippen LogP contribution in [0.5, 0.6) is 0 Å². The third-order valence-electron chi connectivity index (χ3n) is 3.89. The van der Waals surface area contributed by atoms with Gasteiger partial charge in [-0.2, -0.15) is 0 Å². The van der Waals surface area contributed by atoms with Crippen LogP contribution in [0, 0.1) is 0 Å². The van der Waals surface area contributed by atoms with E-state index in [0.29, 0.717) is 26.1 Å². The number of carbonyl (C=O) groups excluding carboxylic acids is 1. The maximum Gasteiger partial charge on any atom is 0.319 e. The number of ether oxygens (including phenoxy) is 1. The molecule has 0 bridgehead atoms. The van der Waals surface area contributed by atoms with Crippen LogP contribution < -0.4 is 10.6 Å². The van der Waals surface area contributed by atoms with Crippen molar-refractivity contribution >= 4 is 11.7 Å². The second-order valence-electron chi connectivity index (χ2n) is 5.72. The van der Waals surface area contributed by atoms with Gasteiger partial charge < -0.3 is 20.5 Å². The number of anilines is 1. The van der Waals surface area contributed by atoms with Crippen LogP contribution in [0.25, 0.3) is 0 Å². The van der Waals surface area contributed by atoms with Gasteiger partial charge in [0.25, 0.3) is 0 Å². The van der Waals surface area contributed by atoms with Crippen LogP contribution in [0.15, 0.2) is 54.6 Å². The lowest BCUT2D eigenvalue weighted by Gasteiger charge is -2.20. The molecule has 5 nitrogen and oxygen atoms in total. The quantitative estimate of drug-likeness (QED) is 0.648. The Bertz CT molecular complexity index is 646. The number of aliphatic hydroxyl groups excluding tert-OH is 1. The van der Waals surface area contributed by atoms with Crippen LogP contribution in [-0.4, -0.2) is 24.4 Å². The highest BCUT2D eigenvalue weighted by atomic mass is 16.5. The van der Waals surface area contributed by atoms with E-state index >= 15 is 0 Å². The van der Waals surface area contributed by atoms with Gasteiger partial charge in [0.05, 0.1) is 12.6 Å². The number of rotatable bonds is 9. The number of para-hydroxylation sites is 1. The summed E-state index contributed by atoms with van der Waals surface area (Å²) < 4.78 is 5.45. The summed E-state index contributed by atoms with van der Waals surface area (Å²) in [5.74, 6) is 0. The Labute approximate surface area is 149 Å². The van der Waals surface area contributed by atoms with Crippen molar-refractivity contribution in [2.45, 2.75) is 32.4 Å². The van der Waals surface area contributed by atoms with Gasteiger partial charge in [-0.3, -0.25) is 0 Å². The summed E-state index contributed by atoms with van der Waals surface area (Å²) in [4.78, 5) is 12.5. The van der Waals surface area contributed by atoms with Crippen molar-refractivity contribution < 1.29 is 14.6 Å². The van der Waals surface area contributed by atoms with Crippen LogP contribution in [0.3, 0.4) is 0 Å². The fraction of sp³-hybridized carbons (Fsp3) is 0.350. The van der Waals surface area contributed by atoms with Crippen LogP contribution in [0.2, 0.25) is 0 Å².